The van der Waals surface area contributed by atoms with Gasteiger partial charge in [0.15, 0.2) is 11.5 Å². The van der Waals surface area contributed by atoms with E-state index in [4.69, 9.17) is 14.0 Å². The lowest BCUT2D eigenvalue weighted by molar-refractivity contribution is 0.0915. The summed E-state index contributed by atoms with van der Waals surface area (Å²) >= 11 is 0. The molecule has 2 bridgehead atoms. The van der Waals surface area contributed by atoms with Gasteiger partial charge in [0.2, 0.25) is 0 Å². The largest absolute Gasteiger partial charge is 0.493 e. The van der Waals surface area contributed by atoms with Gasteiger partial charge >= 0.3 is 0 Å². The van der Waals surface area contributed by atoms with E-state index in [9.17, 15) is 4.79 Å². The van der Waals surface area contributed by atoms with Gasteiger partial charge in [0, 0.05) is 11.6 Å². The summed E-state index contributed by atoms with van der Waals surface area (Å²) in [5.41, 5.74) is 2.32. The van der Waals surface area contributed by atoms with Gasteiger partial charge in [-0.05, 0) is 76.0 Å². The number of carbonyl (C=O) groups is 1. The van der Waals surface area contributed by atoms with Crippen LogP contribution < -0.4 is 14.8 Å². The Morgan fingerprint density at radius 2 is 2.10 bits per heavy atom. The predicted octanol–water partition coefficient (Wildman–Crippen LogP) is 4.43. The van der Waals surface area contributed by atoms with Crippen LogP contribution in [0.3, 0.4) is 0 Å². The molecule has 2 aliphatic carbocycles. The number of amides is 1. The van der Waals surface area contributed by atoms with Crippen molar-refractivity contribution < 1.29 is 18.8 Å². The number of aryl methyl sites for hydroxylation is 2. The number of rotatable bonds is 7. The van der Waals surface area contributed by atoms with E-state index >= 15 is 0 Å². The summed E-state index contributed by atoms with van der Waals surface area (Å²) in [5, 5.41) is 7.15. The number of hydrogen-bond acceptors (Lipinski definition) is 5. The van der Waals surface area contributed by atoms with Gasteiger partial charge in [-0.1, -0.05) is 11.6 Å². The molecule has 1 N–H and O–H groups in total. The molecule has 1 amide bonds. The summed E-state index contributed by atoms with van der Waals surface area (Å²) in [5.74, 6) is 4.07. The minimum absolute atomic E-state index is 0.0594. The highest BCUT2D eigenvalue weighted by molar-refractivity contribution is 5.95. The smallest absolute Gasteiger partial charge is 0.251 e. The summed E-state index contributed by atoms with van der Waals surface area (Å²) < 4.78 is 16.5. The van der Waals surface area contributed by atoms with Crippen molar-refractivity contribution in [3.8, 4) is 11.5 Å². The van der Waals surface area contributed by atoms with Crippen LogP contribution in [0.1, 0.15) is 60.0 Å². The highest BCUT2D eigenvalue weighted by Crippen LogP contribution is 2.49. The van der Waals surface area contributed by atoms with E-state index in [2.05, 4.69) is 17.4 Å². The van der Waals surface area contributed by atoms with Crippen molar-refractivity contribution in [3.63, 3.8) is 0 Å². The van der Waals surface area contributed by atoms with Gasteiger partial charge in [-0.25, -0.2) is 0 Å². The molecule has 2 aromatic rings. The minimum Gasteiger partial charge on any atom is -0.493 e. The van der Waals surface area contributed by atoms with Crippen LogP contribution in [0.15, 0.2) is 22.7 Å². The predicted molar refractivity (Wildman–Crippen MR) is 109 cm³/mol. The maximum atomic E-state index is 12.8. The Kier molecular flexibility index (Phi) is 5.52. The number of methoxy groups -OCH3 is 1. The molecular weight excluding hydrogens is 368 g/mol. The van der Waals surface area contributed by atoms with E-state index in [1.807, 2.05) is 13.8 Å². The van der Waals surface area contributed by atoms with Gasteiger partial charge in [0.25, 0.3) is 5.91 Å². The van der Waals surface area contributed by atoms with Crippen LogP contribution >= 0.6 is 0 Å². The Bertz CT molecular complexity index is 871. The highest BCUT2D eigenvalue weighted by atomic mass is 16.5. The van der Waals surface area contributed by atoms with Crippen LogP contribution in [-0.4, -0.2) is 24.2 Å². The molecule has 1 aromatic heterocycles. The second-order valence-corrected chi connectivity index (χ2v) is 8.56. The number of nitrogens with zero attached hydrogens (tertiary/aromatic N) is 1. The summed E-state index contributed by atoms with van der Waals surface area (Å²) in [6, 6.07) is 5.51. The maximum Gasteiger partial charge on any atom is 0.251 e. The molecule has 0 aliphatic heterocycles. The first-order valence-corrected chi connectivity index (χ1v) is 10.5. The first-order chi connectivity index (χ1) is 14.0. The highest BCUT2D eigenvalue weighted by Gasteiger charge is 2.42. The lowest BCUT2D eigenvalue weighted by Gasteiger charge is -2.28. The molecule has 4 atom stereocenters. The van der Waals surface area contributed by atoms with Gasteiger partial charge in [-0.2, -0.15) is 0 Å². The van der Waals surface area contributed by atoms with Crippen LogP contribution in [0.4, 0.5) is 0 Å². The number of benzene rings is 1. The Morgan fingerprint density at radius 3 is 2.72 bits per heavy atom. The van der Waals surface area contributed by atoms with Crippen LogP contribution in [0.2, 0.25) is 0 Å². The quantitative estimate of drug-likeness (QED) is 0.747. The van der Waals surface area contributed by atoms with Crippen molar-refractivity contribution in [1.82, 2.24) is 10.5 Å². The molecule has 0 spiro atoms. The van der Waals surface area contributed by atoms with E-state index in [0.717, 1.165) is 28.9 Å². The maximum absolute atomic E-state index is 12.8. The Morgan fingerprint density at radius 1 is 1.28 bits per heavy atom. The zero-order chi connectivity index (χ0) is 20.5. The SMILES string of the molecule is COc1cc(C(=O)NC(C)C2CC3CCC2C3)ccc1OCc1c(C)noc1C. The molecule has 29 heavy (non-hydrogen) atoms. The van der Waals surface area contributed by atoms with E-state index in [0.29, 0.717) is 29.6 Å². The van der Waals surface area contributed by atoms with Crippen molar-refractivity contribution in [2.75, 3.05) is 7.11 Å². The molecule has 6 heteroatoms. The van der Waals surface area contributed by atoms with E-state index in [1.54, 1.807) is 25.3 Å². The van der Waals surface area contributed by atoms with Crippen LogP contribution in [-0.2, 0) is 6.61 Å². The summed E-state index contributed by atoms with van der Waals surface area (Å²) in [4.78, 5) is 12.8. The molecule has 1 heterocycles. The topological polar surface area (TPSA) is 73.6 Å². The number of nitrogens with one attached hydrogen (secondary N) is 1. The fourth-order valence-electron chi connectivity index (χ4n) is 5.09. The third-order valence-corrected chi connectivity index (χ3v) is 6.77. The summed E-state index contributed by atoms with van der Waals surface area (Å²) in [7, 11) is 1.58. The lowest BCUT2D eigenvalue weighted by Crippen LogP contribution is -2.40. The van der Waals surface area contributed by atoms with E-state index < -0.39 is 0 Å². The molecule has 1 aromatic carbocycles. The van der Waals surface area contributed by atoms with E-state index in [1.165, 1.54) is 25.7 Å². The molecule has 4 unspecified atom stereocenters. The van der Waals surface area contributed by atoms with Crippen LogP contribution in [0.5, 0.6) is 11.5 Å². The van der Waals surface area contributed by atoms with Gasteiger partial charge in [-0.15, -0.1) is 0 Å². The number of carbonyl (C=O) groups excluding carboxylic acids is 1. The molecule has 6 nitrogen and oxygen atoms in total. The van der Waals surface area contributed by atoms with Gasteiger partial charge in [0.1, 0.15) is 12.4 Å². The van der Waals surface area contributed by atoms with Crippen molar-refractivity contribution >= 4 is 5.91 Å². The average molecular weight is 399 g/mol. The third kappa shape index (κ3) is 3.98. The standard InChI is InChI=1S/C23H30N2O4/c1-13(19-10-16-5-6-17(19)9-16)24-23(26)18-7-8-21(22(11-18)27-4)28-12-20-14(2)25-29-15(20)3/h7-8,11,13,16-17,19H,5-6,9-10,12H2,1-4H3,(H,24,26). The second kappa shape index (κ2) is 8.09. The normalized spacial score (nSPS) is 23.8. The second-order valence-electron chi connectivity index (χ2n) is 8.56. The summed E-state index contributed by atoms with van der Waals surface area (Å²) in [6.07, 6.45) is 5.29. The first kappa shape index (κ1) is 19.8. The van der Waals surface area contributed by atoms with Gasteiger partial charge < -0.3 is 19.3 Å². The number of fused-ring (bicyclic) bond motifs is 2. The lowest BCUT2D eigenvalue weighted by atomic mass is 9.84. The van der Waals surface area contributed by atoms with Crippen molar-refractivity contribution in [2.24, 2.45) is 17.8 Å². The fourth-order valence-corrected chi connectivity index (χ4v) is 5.09. The van der Waals surface area contributed by atoms with Gasteiger partial charge in [0.05, 0.1) is 18.4 Å². The van der Waals surface area contributed by atoms with Crippen molar-refractivity contribution in [3.05, 3.63) is 40.8 Å². The number of hydrogen-bond donors (Lipinski definition) is 1. The monoisotopic (exact) mass is 398 g/mol. The Labute approximate surface area is 171 Å². The average Bonchev–Trinajstić information content (AvgIpc) is 3.43. The zero-order valence-corrected chi connectivity index (χ0v) is 17.7. The zero-order valence-electron chi connectivity index (χ0n) is 17.7. The van der Waals surface area contributed by atoms with Crippen molar-refractivity contribution in [2.45, 2.75) is 59.1 Å². The van der Waals surface area contributed by atoms with Gasteiger partial charge in [-0.3, -0.25) is 4.79 Å². The number of aromatic nitrogens is 1. The summed E-state index contributed by atoms with van der Waals surface area (Å²) in [6.45, 7) is 6.23. The fraction of sp³-hybridized carbons (Fsp3) is 0.565. The molecule has 156 valence electrons. The van der Waals surface area contributed by atoms with Crippen LogP contribution in [0, 0.1) is 31.6 Å². The molecule has 2 aliphatic rings. The Hall–Kier alpha value is -2.50. The third-order valence-electron chi connectivity index (χ3n) is 6.77. The minimum atomic E-state index is -0.0594. The molecule has 4 rings (SSSR count). The Balaban J connectivity index is 1.41. The van der Waals surface area contributed by atoms with E-state index in [-0.39, 0.29) is 11.9 Å². The number of ether oxygens (including phenoxy) is 2. The first-order valence-electron chi connectivity index (χ1n) is 10.5. The van der Waals surface area contributed by atoms with Crippen LogP contribution in [0.25, 0.3) is 0 Å². The molecule has 2 fully saturated rings. The molecule has 0 saturated heterocycles. The molecule has 2 saturated carbocycles. The molecule has 0 radical (unpaired) electrons. The van der Waals surface area contributed by atoms with Crippen molar-refractivity contribution in [1.29, 1.82) is 0 Å². The molecular formula is C23H30N2O4.